The lowest BCUT2D eigenvalue weighted by Gasteiger charge is -2.30. The van der Waals surface area contributed by atoms with E-state index in [2.05, 4.69) is 0 Å². The lowest BCUT2D eigenvalue weighted by molar-refractivity contribution is 0.0530. The van der Waals surface area contributed by atoms with Crippen LogP contribution < -0.4 is 5.73 Å². The average molecular weight is 245 g/mol. The van der Waals surface area contributed by atoms with Crippen molar-refractivity contribution in [1.82, 2.24) is 0 Å². The topological polar surface area (TPSA) is 64.7 Å². The zero-order chi connectivity index (χ0) is 12.6. The predicted octanol–water partition coefficient (Wildman–Crippen LogP) is 1.17. The Morgan fingerprint density at radius 3 is 2.59 bits per heavy atom. The summed E-state index contributed by atoms with van der Waals surface area (Å²) in [7, 11) is 1.67. The molecule has 0 bridgehead atoms. The van der Waals surface area contributed by atoms with Gasteiger partial charge in [0.1, 0.15) is 0 Å². The van der Waals surface area contributed by atoms with E-state index >= 15 is 0 Å². The number of nitrogens with two attached hydrogens (primary N) is 1. The summed E-state index contributed by atoms with van der Waals surface area (Å²) in [6.45, 7) is 2.81. The number of hydrogen-bond donors (Lipinski definition) is 2. The number of methoxy groups -OCH3 is 1. The van der Waals surface area contributed by atoms with Crippen molar-refractivity contribution in [1.29, 1.82) is 0 Å². The van der Waals surface area contributed by atoms with Crippen LogP contribution in [0.3, 0.4) is 0 Å². The highest BCUT2D eigenvalue weighted by molar-refractivity contribution is 4.87. The van der Waals surface area contributed by atoms with Crippen LogP contribution >= 0.6 is 0 Å². The summed E-state index contributed by atoms with van der Waals surface area (Å²) in [6.07, 6.45) is 5.63. The smallest absolute Gasteiger partial charge is 0.0700 e. The summed E-state index contributed by atoms with van der Waals surface area (Å²) in [5.74, 6) is 0.806. The van der Waals surface area contributed by atoms with Crippen molar-refractivity contribution in [2.45, 2.75) is 32.1 Å². The standard InChI is InChI=1S/C13H27NO3/c1-16-7-8-17-6-2-5-13(10-14,11-15)9-12-3-4-12/h12,15H,2-11,14H2,1H3. The number of aliphatic hydroxyl groups is 1. The predicted molar refractivity (Wildman–Crippen MR) is 67.8 cm³/mol. The quantitative estimate of drug-likeness (QED) is 0.536. The molecule has 1 rings (SSSR count). The van der Waals surface area contributed by atoms with E-state index in [0.717, 1.165) is 31.8 Å². The first kappa shape index (κ1) is 14.9. The molecule has 0 saturated heterocycles. The molecule has 0 heterocycles. The Hall–Kier alpha value is -0.160. The first-order valence-electron chi connectivity index (χ1n) is 6.64. The van der Waals surface area contributed by atoms with E-state index in [1.54, 1.807) is 7.11 Å². The minimum absolute atomic E-state index is 0.0637. The summed E-state index contributed by atoms with van der Waals surface area (Å²) in [5, 5.41) is 9.55. The molecule has 0 spiro atoms. The van der Waals surface area contributed by atoms with Crippen molar-refractivity contribution in [2.24, 2.45) is 17.1 Å². The third-order valence-electron chi connectivity index (χ3n) is 3.61. The molecule has 0 radical (unpaired) electrons. The van der Waals surface area contributed by atoms with Gasteiger partial charge in [0.05, 0.1) is 13.2 Å². The molecular weight excluding hydrogens is 218 g/mol. The van der Waals surface area contributed by atoms with Crippen LogP contribution in [-0.4, -0.2) is 45.2 Å². The maximum atomic E-state index is 9.55. The van der Waals surface area contributed by atoms with Crippen molar-refractivity contribution in [3.63, 3.8) is 0 Å². The van der Waals surface area contributed by atoms with Gasteiger partial charge in [0.25, 0.3) is 0 Å². The molecule has 4 nitrogen and oxygen atoms in total. The second kappa shape index (κ2) is 8.03. The number of hydrogen-bond acceptors (Lipinski definition) is 4. The highest BCUT2D eigenvalue weighted by Crippen LogP contribution is 2.41. The minimum Gasteiger partial charge on any atom is -0.396 e. The molecule has 1 aliphatic carbocycles. The molecule has 4 heteroatoms. The Morgan fingerprint density at radius 2 is 2.06 bits per heavy atom. The first-order chi connectivity index (χ1) is 8.26. The molecule has 3 N–H and O–H groups in total. The lowest BCUT2D eigenvalue weighted by Crippen LogP contribution is -2.35. The molecule has 1 atom stereocenters. The van der Waals surface area contributed by atoms with Gasteiger partial charge in [-0.05, 0) is 25.2 Å². The number of ether oxygens (including phenoxy) is 2. The Kier molecular flexibility index (Phi) is 7.04. The van der Waals surface area contributed by atoms with Crippen molar-refractivity contribution in [3.8, 4) is 0 Å². The number of aliphatic hydroxyl groups excluding tert-OH is 1. The molecular formula is C13H27NO3. The molecule has 1 unspecified atom stereocenters. The monoisotopic (exact) mass is 245 g/mol. The van der Waals surface area contributed by atoms with Gasteiger partial charge >= 0.3 is 0 Å². The Bertz CT molecular complexity index is 191. The van der Waals surface area contributed by atoms with E-state index in [4.69, 9.17) is 15.2 Å². The molecule has 0 amide bonds. The molecule has 1 aliphatic rings. The van der Waals surface area contributed by atoms with Crippen LogP contribution in [0.15, 0.2) is 0 Å². The summed E-state index contributed by atoms with van der Waals surface area (Å²) in [5.41, 5.74) is 5.77. The molecule has 0 aliphatic heterocycles. The van der Waals surface area contributed by atoms with Crippen LogP contribution in [0.25, 0.3) is 0 Å². The zero-order valence-electron chi connectivity index (χ0n) is 11.0. The maximum absolute atomic E-state index is 9.55. The Morgan fingerprint density at radius 1 is 1.29 bits per heavy atom. The van der Waals surface area contributed by atoms with Crippen molar-refractivity contribution < 1.29 is 14.6 Å². The van der Waals surface area contributed by atoms with Crippen LogP contribution in [0.2, 0.25) is 0 Å². The van der Waals surface area contributed by atoms with Gasteiger partial charge in [0.2, 0.25) is 0 Å². The normalized spacial score (nSPS) is 19.2. The fourth-order valence-electron chi connectivity index (χ4n) is 2.22. The Balaban J connectivity index is 2.14. The lowest BCUT2D eigenvalue weighted by atomic mass is 9.79. The van der Waals surface area contributed by atoms with E-state index in [-0.39, 0.29) is 12.0 Å². The fraction of sp³-hybridized carbons (Fsp3) is 1.00. The first-order valence-corrected chi connectivity index (χ1v) is 6.64. The van der Waals surface area contributed by atoms with Gasteiger partial charge < -0.3 is 20.3 Å². The van der Waals surface area contributed by atoms with E-state index in [0.29, 0.717) is 19.8 Å². The Labute approximate surface area is 104 Å². The van der Waals surface area contributed by atoms with Gasteiger partial charge in [-0.25, -0.2) is 0 Å². The van der Waals surface area contributed by atoms with Crippen LogP contribution in [0, 0.1) is 11.3 Å². The summed E-state index contributed by atoms with van der Waals surface area (Å²) in [4.78, 5) is 0. The van der Waals surface area contributed by atoms with Gasteiger partial charge in [-0.1, -0.05) is 12.8 Å². The SMILES string of the molecule is COCCOCCCC(CN)(CO)CC1CC1. The molecule has 17 heavy (non-hydrogen) atoms. The van der Waals surface area contributed by atoms with Crippen molar-refractivity contribution in [2.75, 3.05) is 40.1 Å². The largest absolute Gasteiger partial charge is 0.396 e. The molecule has 0 aromatic rings. The molecule has 0 aromatic heterocycles. The summed E-state index contributed by atoms with van der Waals surface area (Å²) >= 11 is 0. The zero-order valence-corrected chi connectivity index (χ0v) is 11.0. The summed E-state index contributed by atoms with van der Waals surface area (Å²) in [6, 6.07) is 0. The molecule has 1 fully saturated rings. The molecule has 0 aromatic carbocycles. The van der Waals surface area contributed by atoms with Crippen molar-refractivity contribution in [3.05, 3.63) is 0 Å². The van der Waals surface area contributed by atoms with Gasteiger partial charge in [-0.15, -0.1) is 0 Å². The minimum atomic E-state index is -0.0637. The molecule has 1 saturated carbocycles. The maximum Gasteiger partial charge on any atom is 0.0700 e. The van der Waals surface area contributed by atoms with Crippen LogP contribution in [-0.2, 0) is 9.47 Å². The molecule has 102 valence electrons. The van der Waals surface area contributed by atoms with Gasteiger partial charge in [0, 0.05) is 32.3 Å². The van der Waals surface area contributed by atoms with Gasteiger partial charge in [-0.3, -0.25) is 0 Å². The van der Waals surface area contributed by atoms with E-state index in [1.165, 1.54) is 12.8 Å². The van der Waals surface area contributed by atoms with Gasteiger partial charge in [-0.2, -0.15) is 0 Å². The highest BCUT2D eigenvalue weighted by atomic mass is 16.5. The van der Waals surface area contributed by atoms with Crippen LogP contribution in [0.1, 0.15) is 32.1 Å². The van der Waals surface area contributed by atoms with Gasteiger partial charge in [0.15, 0.2) is 0 Å². The number of rotatable bonds is 11. The van der Waals surface area contributed by atoms with E-state index in [1.807, 2.05) is 0 Å². The van der Waals surface area contributed by atoms with E-state index < -0.39 is 0 Å². The van der Waals surface area contributed by atoms with Crippen molar-refractivity contribution >= 4 is 0 Å². The van der Waals surface area contributed by atoms with Crippen LogP contribution in [0.5, 0.6) is 0 Å². The third kappa shape index (κ3) is 5.82. The third-order valence-corrected chi connectivity index (χ3v) is 3.61. The summed E-state index contributed by atoms with van der Waals surface area (Å²) < 4.78 is 10.3. The second-order valence-corrected chi connectivity index (χ2v) is 5.22. The van der Waals surface area contributed by atoms with E-state index in [9.17, 15) is 5.11 Å². The fourth-order valence-corrected chi connectivity index (χ4v) is 2.22. The highest BCUT2D eigenvalue weighted by Gasteiger charge is 2.35. The van der Waals surface area contributed by atoms with Crippen LogP contribution in [0.4, 0.5) is 0 Å². The average Bonchev–Trinajstić information content (AvgIpc) is 3.16. The second-order valence-electron chi connectivity index (χ2n) is 5.22.